The van der Waals surface area contributed by atoms with Gasteiger partial charge in [0.25, 0.3) is 5.91 Å². The Kier molecular flexibility index (Phi) is 10.3. The Bertz CT molecular complexity index is 953. The van der Waals surface area contributed by atoms with Crippen molar-refractivity contribution >= 4 is 50.9 Å². The van der Waals surface area contributed by atoms with Crippen LogP contribution in [0, 0.1) is 0 Å². The van der Waals surface area contributed by atoms with E-state index >= 15 is 0 Å². The van der Waals surface area contributed by atoms with Crippen LogP contribution in [0.5, 0.6) is 5.75 Å². The lowest BCUT2D eigenvalue weighted by Crippen LogP contribution is -2.51. The van der Waals surface area contributed by atoms with E-state index < -0.39 is 6.04 Å². The number of halogens is 3. The number of carbonyl (C=O) groups excluding carboxylic acids is 2. The van der Waals surface area contributed by atoms with Crippen LogP contribution in [0.3, 0.4) is 0 Å². The SMILES string of the molecule is CCc1ccc(OCC(=O)N(Cc2ccc(Cl)c(Cl)c2)[C@@H](CC)C(=O)NC(C)C)c(Br)c1. The summed E-state index contributed by atoms with van der Waals surface area (Å²) < 4.78 is 6.58. The first-order valence-electron chi connectivity index (χ1n) is 10.6. The second-order valence-electron chi connectivity index (χ2n) is 7.76. The maximum Gasteiger partial charge on any atom is 0.261 e. The normalized spacial score (nSPS) is 11.9. The summed E-state index contributed by atoms with van der Waals surface area (Å²) in [6, 6.07) is 10.3. The quantitative estimate of drug-likeness (QED) is 0.398. The molecule has 5 nitrogen and oxygen atoms in total. The number of hydrogen-bond acceptors (Lipinski definition) is 3. The minimum atomic E-state index is -0.645. The van der Waals surface area contributed by atoms with Crippen molar-refractivity contribution in [1.82, 2.24) is 10.2 Å². The van der Waals surface area contributed by atoms with Gasteiger partial charge in [0.05, 0.1) is 14.5 Å². The van der Waals surface area contributed by atoms with Crippen LogP contribution in [0.15, 0.2) is 40.9 Å². The van der Waals surface area contributed by atoms with Gasteiger partial charge in [-0.2, -0.15) is 0 Å². The lowest BCUT2D eigenvalue weighted by Gasteiger charge is -2.31. The Morgan fingerprint density at radius 2 is 1.75 bits per heavy atom. The fourth-order valence-corrected chi connectivity index (χ4v) is 4.10. The molecule has 8 heteroatoms. The monoisotopic (exact) mass is 542 g/mol. The van der Waals surface area contributed by atoms with Gasteiger partial charge in [0.2, 0.25) is 5.91 Å². The molecule has 2 aromatic carbocycles. The van der Waals surface area contributed by atoms with Crippen molar-refractivity contribution in [3.63, 3.8) is 0 Å². The van der Waals surface area contributed by atoms with E-state index in [0.717, 1.165) is 22.0 Å². The zero-order valence-corrected chi connectivity index (χ0v) is 21.9. The van der Waals surface area contributed by atoms with Crippen LogP contribution in [-0.2, 0) is 22.6 Å². The largest absolute Gasteiger partial charge is 0.483 e. The molecule has 0 aliphatic heterocycles. The van der Waals surface area contributed by atoms with Crippen LogP contribution < -0.4 is 10.1 Å². The molecule has 0 bridgehead atoms. The highest BCUT2D eigenvalue weighted by atomic mass is 79.9. The number of hydrogen-bond donors (Lipinski definition) is 1. The van der Waals surface area contributed by atoms with Crippen LogP contribution in [0.2, 0.25) is 10.0 Å². The van der Waals surface area contributed by atoms with Gasteiger partial charge in [0, 0.05) is 12.6 Å². The lowest BCUT2D eigenvalue weighted by atomic mass is 10.1. The number of amides is 2. The number of aryl methyl sites for hydroxylation is 1. The van der Waals surface area contributed by atoms with Crippen molar-refractivity contribution in [1.29, 1.82) is 0 Å². The van der Waals surface area contributed by atoms with E-state index in [1.165, 1.54) is 4.90 Å². The van der Waals surface area contributed by atoms with Gasteiger partial charge in [-0.1, -0.05) is 49.2 Å². The number of carbonyl (C=O) groups is 2. The smallest absolute Gasteiger partial charge is 0.261 e. The molecule has 0 saturated heterocycles. The molecule has 0 unspecified atom stereocenters. The average molecular weight is 544 g/mol. The molecular weight excluding hydrogens is 515 g/mol. The number of benzene rings is 2. The first-order chi connectivity index (χ1) is 15.2. The number of ether oxygens (including phenoxy) is 1. The van der Waals surface area contributed by atoms with E-state index in [4.69, 9.17) is 27.9 Å². The maximum atomic E-state index is 13.2. The van der Waals surface area contributed by atoms with Crippen LogP contribution in [-0.4, -0.2) is 35.4 Å². The summed E-state index contributed by atoms with van der Waals surface area (Å²) in [4.78, 5) is 27.6. The number of rotatable bonds is 10. The summed E-state index contributed by atoms with van der Waals surface area (Å²) in [5, 5.41) is 3.73. The Hall–Kier alpha value is -1.76. The van der Waals surface area contributed by atoms with E-state index in [-0.39, 0.29) is 31.0 Å². The second-order valence-corrected chi connectivity index (χ2v) is 9.43. The first-order valence-corrected chi connectivity index (χ1v) is 12.2. The van der Waals surface area contributed by atoms with Crippen molar-refractivity contribution in [2.24, 2.45) is 0 Å². The molecule has 1 atom stereocenters. The molecule has 0 radical (unpaired) electrons. The molecule has 0 aromatic heterocycles. The van der Waals surface area contributed by atoms with E-state index in [9.17, 15) is 9.59 Å². The average Bonchev–Trinajstić information content (AvgIpc) is 2.74. The third-order valence-corrected chi connectivity index (χ3v) is 6.27. The Balaban J connectivity index is 2.25. The summed E-state index contributed by atoms with van der Waals surface area (Å²) in [7, 11) is 0. The van der Waals surface area contributed by atoms with E-state index in [2.05, 4.69) is 28.2 Å². The molecular formula is C24H29BrCl2N2O3. The number of nitrogens with zero attached hydrogens (tertiary/aromatic N) is 1. The van der Waals surface area contributed by atoms with Gasteiger partial charge in [-0.05, 0) is 78.0 Å². The summed E-state index contributed by atoms with van der Waals surface area (Å²) in [5.41, 5.74) is 1.94. The van der Waals surface area contributed by atoms with Crippen molar-refractivity contribution < 1.29 is 14.3 Å². The fraction of sp³-hybridized carbons (Fsp3) is 0.417. The standard InChI is InChI=1S/C24H29BrCl2N2O3/c1-5-16-8-10-22(18(25)11-16)32-14-23(30)29(21(6-2)24(31)28-15(3)4)13-17-7-9-19(26)20(27)12-17/h7-12,15,21H,5-6,13-14H2,1-4H3,(H,28,31)/t21-/m0/s1. The van der Waals surface area contributed by atoms with Crippen LogP contribution in [0.25, 0.3) is 0 Å². The molecule has 0 aliphatic carbocycles. The van der Waals surface area contributed by atoms with Gasteiger partial charge >= 0.3 is 0 Å². The molecule has 0 fully saturated rings. The highest BCUT2D eigenvalue weighted by molar-refractivity contribution is 9.10. The van der Waals surface area contributed by atoms with Gasteiger partial charge < -0.3 is 15.0 Å². The Labute approximate surface area is 208 Å². The third-order valence-electron chi connectivity index (χ3n) is 4.91. The van der Waals surface area contributed by atoms with Gasteiger partial charge in [-0.25, -0.2) is 0 Å². The van der Waals surface area contributed by atoms with Crippen molar-refractivity contribution in [2.75, 3.05) is 6.61 Å². The second kappa shape index (κ2) is 12.5. The van der Waals surface area contributed by atoms with Crippen LogP contribution in [0.1, 0.15) is 45.2 Å². The topological polar surface area (TPSA) is 58.6 Å². The summed E-state index contributed by atoms with van der Waals surface area (Å²) >= 11 is 15.7. The molecule has 174 valence electrons. The van der Waals surface area contributed by atoms with Gasteiger partial charge in [0.1, 0.15) is 11.8 Å². The predicted octanol–water partition coefficient (Wildman–Crippen LogP) is 6.03. The van der Waals surface area contributed by atoms with E-state index in [1.54, 1.807) is 18.2 Å². The maximum absolute atomic E-state index is 13.2. The minimum Gasteiger partial charge on any atom is -0.483 e. The first kappa shape index (κ1) is 26.5. The fourth-order valence-electron chi connectivity index (χ4n) is 3.24. The highest BCUT2D eigenvalue weighted by Gasteiger charge is 2.29. The number of nitrogens with one attached hydrogen (secondary N) is 1. The molecule has 2 amide bonds. The van der Waals surface area contributed by atoms with Crippen LogP contribution >= 0.6 is 39.1 Å². The molecule has 2 rings (SSSR count). The van der Waals surface area contributed by atoms with Gasteiger partial charge in [-0.15, -0.1) is 0 Å². The van der Waals surface area contributed by atoms with Gasteiger partial charge in [0.15, 0.2) is 6.61 Å². The summed E-state index contributed by atoms with van der Waals surface area (Å²) in [6.07, 6.45) is 1.36. The summed E-state index contributed by atoms with van der Waals surface area (Å²) in [5.74, 6) is 0.0717. The zero-order valence-electron chi connectivity index (χ0n) is 18.8. The molecule has 0 spiro atoms. The summed E-state index contributed by atoms with van der Waals surface area (Å²) in [6.45, 7) is 7.73. The lowest BCUT2D eigenvalue weighted by molar-refractivity contribution is -0.143. The zero-order chi connectivity index (χ0) is 23.8. The third kappa shape index (κ3) is 7.39. The Morgan fingerprint density at radius 1 is 1.06 bits per heavy atom. The van der Waals surface area contributed by atoms with Crippen LogP contribution in [0.4, 0.5) is 0 Å². The molecule has 0 aliphatic rings. The molecule has 2 aromatic rings. The molecule has 0 saturated carbocycles. The van der Waals surface area contributed by atoms with Gasteiger partial charge in [-0.3, -0.25) is 9.59 Å². The predicted molar refractivity (Wildman–Crippen MR) is 133 cm³/mol. The highest BCUT2D eigenvalue weighted by Crippen LogP contribution is 2.27. The van der Waals surface area contributed by atoms with E-state index in [1.807, 2.05) is 39.0 Å². The molecule has 32 heavy (non-hydrogen) atoms. The van der Waals surface area contributed by atoms with Crippen molar-refractivity contribution in [3.8, 4) is 5.75 Å². The van der Waals surface area contributed by atoms with Crippen molar-refractivity contribution in [2.45, 2.75) is 59.2 Å². The van der Waals surface area contributed by atoms with E-state index in [0.29, 0.717) is 22.2 Å². The molecule has 0 heterocycles. The van der Waals surface area contributed by atoms with Crippen molar-refractivity contribution in [3.05, 3.63) is 62.0 Å². The molecule has 1 N–H and O–H groups in total. The minimum absolute atomic E-state index is 0.0391. The Morgan fingerprint density at radius 3 is 2.31 bits per heavy atom.